The topological polar surface area (TPSA) is 64.6 Å². The molecule has 2 unspecified atom stereocenters. The monoisotopic (exact) mass is 287 g/mol. The zero-order chi connectivity index (χ0) is 14.6. The molecule has 1 N–H and O–H groups in total. The van der Waals surface area contributed by atoms with Crippen molar-refractivity contribution in [2.24, 2.45) is 0 Å². The molecular formula is C13H21NO4S. The first-order valence-electron chi connectivity index (χ1n) is 5.93. The summed E-state index contributed by atoms with van der Waals surface area (Å²) in [6, 6.07) is 5.11. The second kappa shape index (κ2) is 6.25. The lowest BCUT2D eigenvalue weighted by Crippen LogP contribution is -2.32. The molecule has 0 saturated heterocycles. The number of sulfone groups is 1. The van der Waals surface area contributed by atoms with Gasteiger partial charge in [-0.15, -0.1) is 0 Å². The lowest BCUT2D eigenvalue weighted by Gasteiger charge is -2.23. The highest BCUT2D eigenvalue weighted by molar-refractivity contribution is 7.91. The van der Waals surface area contributed by atoms with Gasteiger partial charge in [-0.2, -0.15) is 0 Å². The predicted octanol–water partition coefficient (Wildman–Crippen LogP) is 1.40. The lowest BCUT2D eigenvalue weighted by atomic mass is 10.0. The van der Waals surface area contributed by atoms with E-state index in [1.165, 1.54) is 6.26 Å². The minimum atomic E-state index is -3.13. The molecule has 0 aliphatic rings. The van der Waals surface area contributed by atoms with Crippen molar-refractivity contribution >= 4 is 9.84 Å². The summed E-state index contributed by atoms with van der Waals surface area (Å²) in [6.07, 6.45) is 1.24. The number of benzene rings is 1. The number of rotatable bonds is 6. The molecule has 0 amide bonds. The maximum absolute atomic E-state index is 11.7. The average molecular weight is 287 g/mol. The van der Waals surface area contributed by atoms with E-state index in [-0.39, 0.29) is 6.04 Å². The van der Waals surface area contributed by atoms with Gasteiger partial charge in [-0.05, 0) is 31.7 Å². The fourth-order valence-corrected chi connectivity index (χ4v) is 2.75. The molecular weight excluding hydrogens is 266 g/mol. The summed E-state index contributed by atoms with van der Waals surface area (Å²) < 4.78 is 33.8. The van der Waals surface area contributed by atoms with Crippen LogP contribution in [0.2, 0.25) is 0 Å². The molecule has 108 valence electrons. The third-order valence-electron chi connectivity index (χ3n) is 3.22. The zero-order valence-corrected chi connectivity index (χ0v) is 12.7. The number of ether oxygens (including phenoxy) is 2. The molecule has 0 spiro atoms. The van der Waals surface area contributed by atoms with Crippen molar-refractivity contribution in [2.75, 3.05) is 27.5 Å². The Morgan fingerprint density at radius 1 is 1.16 bits per heavy atom. The van der Waals surface area contributed by atoms with Gasteiger partial charge in [0.15, 0.2) is 21.3 Å². The molecule has 0 aromatic heterocycles. The van der Waals surface area contributed by atoms with Crippen molar-refractivity contribution < 1.29 is 17.9 Å². The van der Waals surface area contributed by atoms with E-state index >= 15 is 0 Å². The Hall–Kier alpha value is -1.27. The molecule has 0 radical (unpaired) electrons. The van der Waals surface area contributed by atoms with E-state index in [4.69, 9.17) is 9.47 Å². The van der Waals surface area contributed by atoms with Gasteiger partial charge >= 0.3 is 0 Å². The van der Waals surface area contributed by atoms with Gasteiger partial charge < -0.3 is 14.8 Å². The first kappa shape index (κ1) is 15.8. The second-order valence-corrected chi connectivity index (χ2v) is 6.82. The maximum Gasteiger partial charge on any atom is 0.161 e. The summed E-state index contributed by atoms with van der Waals surface area (Å²) in [5.41, 5.74) is 0.845. The molecule has 0 aliphatic heterocycles. The van der Waals surface area contributed by atoms with Crippen molar-refractivity contribution in [3.05, 3.63) is 23.8 Å². The van der Waals surface area contributed by atoms with Gasteiger partial charge in [0.25, 0.3) is 0 Å². The van der Waals surface area contributed by atoms with Crippen LogP contribution in [0.3, 0.4) is 0 Å². The highest BCUT2D eigenvalue weighted by Crippen LogP contribution is 2.31. The highest BCUT2D eigenvalue weighted by Gasteiger charge is 2.26. The van der Waals surface area contributed by atoms with Gasteiger partial charge in [-0.1, -0.05) is 6.07 Å². The van der Waals surface area contributed by atoms with Crippen LogP contribution in [0.5, 0.6) is 11.5 Å². The Kier molecular flexibility index (Phi) is 5.20. The predicted molar refractivity (Wildman–Crippen MR) is 75.7 cm³/mol. The van der Waals surface area contributed by atoms with E-state index in [1.807, 2.05) is 6.07 Å². The van der Waals surface area contributed by atoms with E-state index in [2.05, 4.69) is 5.32 Å². The van der Waals surface area contributed by atoms with E-state index in [0.29, 0.717) is 11.5 Å². The van der Waals surface area contributed by atoms with Crippen molar-refractivity contribution in [3.8, 4) is 11.5 Å². The first-order chi connectivity index (χ1) is 8.85. The van der Waals surface area contributed by atoms with Gasteiger partial charge in [0, 0.05) is 12.3 Å². The van der Waals surface area contributed by atoms with Crippen LogP contribution in [0.15, 0.2) is 18.2 Å². The molecule has 1 aromatic rings. The Bertz CT molecular complexity index is 527. The molecule has 6 heteroatoms. The van der Waals surface area contributed by atoms with Crippen LogP contribution in [-0.2, 0) is 9.84 Å². The SMILES string of the molecule is CNC(c1ccc(OC)c(OC)c1)C(C)S(C)(=O)=O. The van der Waals surface area contributed by atoms with Crippen molar-refractivity contribution in [1.82, 2.24) is 5.32 Å². The summed E-state index contributed by atoms with van der Waals surface area (Å²) in [6.45, 7) is 1.69. The summed E-state index contributed by atoms with van der Waals surface area (Å²) in [5.74, 6) is 1.20. The minimum Gasteiger partial charge on any atom is -0.493 e. The number of hydrogen-bond donors (Lipinski definition) is 1. The Labute approximate surface area is 114 Å². The zero-order valence-electron chi connectivity index (χ0n) is 11.9. The maximum atomic E-state index is 11.7. The van der Waals surface area contributed by atoms with Crippen LogP contribution in [0.1, 0.15) is 18.5 Å². The van der Waals surface area contributed by atoms with Crippen molar-refractivity contribution in [3.63, 3.8) is 0 Å². The largest absolute Gasteiger partial charge is 0.493 e. The molecule has 1 rings (SSSR count). The molecule has 0 aliphatic carbocycles. The fraction of sp³-hybridized carbons (Fsp3) is 0.538. The van der Waals surface area contributed by atoms with Crippen LogP contribution in [0.4, 0.5) is 0 Å². The van der Waals surface area contributed by atoms with Gasteiger partial charge in [0.2, 0.25) is 0 Å². The Morgan fingerprint density at radius 2 is 1.74 bits per heavy atom. The molecule has 0 saturated carbocycles. The van der Waals surface area contributed by atoms with Crippen LogP contribution in [0.25, 0.3) is 0 Å². The van der Waals surface area contributed by atoms with Crippen LogP contribution >= 0.6 is 0 Å². The normalized spacial score (nSPS) is 14.8. The van der Waals surface area contributed by atoms with Crippen LogP contribution < -0.4 is 14.8 Å². The summed E-state index contributed by atoms with van der Waals surface area (Å²) in [7, 11) is 1.72. The third kappa shape index (κ3) is 3.61. The van der Waals surface area contributed by atoms with Crippen molar-refractivity contribution in [1.29, 1.82) is 0 Å². The van der Waals surface area contributed by atoms with Crippen LogP contribution in [-0.4, -0.2) is 41.2 Å². The molecule has 19 heavy (non-hydrogen) atoms. The molecule has 0 heterocycles. The molecule has 0 bridgehead atoms. The van der Waals surface area contributed by atoms with Crippen molar-refractivity contribution in [2.45, 2.75) is 18.2 Å². The van der Waals surface area contributed by atoms with Gasteiger partial charge in [-0.25, -0.2) is 8.42 Å². The van der Waals surface area contributed by atoms with E-state index in [1.54, 1.807) is 40.3 Å². The quantitative estimate of drug-likeness (QED) is 0.856. The summed E-state index contributed by atoms with van der Waals surface area (Å²) >= 11 is 0. The van der Waals surface area contributed by atoms with E-state index in [9.17, 15) is 8.42 Å². The Morgan fingerprint density at radius 3 is 2.16 bits per heavy atom. The number of methoxy groups -OCH3 is 2. The van der Waals surface area contributed by atoms with Gasteiger partial charge in [-0.3, -0.25) is 0 Å². The van der Waals surface area contributed by atoms with Gasteiger partial charge in [0.05, 0.1) is 19.5 Å². The third-order valence-corrected chi connectivity index (χ3v) is 4.85. The standard InChI is InChI=1S/C13H21NO4S/c1-9(19(5,15)16)13(14-2)10-6-7-11(17-3)12(8-10)18-4/h6-9,13-14H,1-5H3. The first-order valence-corrected chi connectivity index (χ1v) is 7.88. The molecule has 5 nitrogen and oxygen atoms in total. The fourth-order valence-electron chi connectivity index (χ4n) is 1.97. The van der Waals surface area contributed by atoms with Gasteiger partial charge in [0.1, 0.15) is 0 Å². The average Bonchev–Trinajstić information content (AvgIpc) is 2.38. The van der Waals surface area contributed by atoms with Crippen LogP contribution in [0, 0.1) is 0 Å². The number of hydrogen-bond acceptors (Lipinski definition) is 5. The van der Waals surface area contributed by atoms with E-state index in [0.717, 1.165) is 5.56 Å². The smallest absolute Gasteiger partial charge is 0.161 e. The summed E-state index contributed by atoms with van der Waals surface area (Å²) in [5, 5.41) is 2.51. The second-order valence-electron chi connectivity index (χ2n) is 4.42. The highest BCUT2D eigenvalue weighted by atomic mass is 32.2. The van der Waals surface area contributed by atoms with E-state index < -0.39 is 15.1 Å². The minimum absolute atomic E-state index is 0.296. The molecule has 2 atom stereocenters. The summed E-state index contributed by atoms with van der Waals surface area (Å²) in [4.78, 5) is 0. The molecule has 1 aromatic carbocycles. The number of nitrogens with one attached hydrogen (secondary N) is 1. The Balaban J connectivity index is 3.19. The molecule has 0 fully saturated rings. The lowest BCUT2D eigenvalue weighted by molar-refractivity contribution is 0.354.